The van der Waals surface area contributed by atoms with Gasteiger partial charge < -0.3 is 5.32 Å². The van der Waals surface area contributed by atoms with Gasteiger partial charge in [0, 0.05) is 30.0 Å². The van der Waals surface area contributed by atoms with Crippen molar-refractivity contribution < 1.29 is 0 Å². The first kappa shape index (κ1) is 10.8. The van der Waals surface area contributed by atoms with Gasteiger partial charge >= 0.3 is 0 Å². The molecular weight excluding hydrogens is 200 g/mol. The Morgan fingerprint density at radius 3 is 2.94 bits per heavy atom. The summed E-state index contributed by atoms with van der Waals surface area (Å²) in [4.78, 5) is 4.32. The Hall–Kier alpha value is -1.68. The number of hydrogen-bond acceptors (Lipinski definition) is 3. The van der Waals surface area contributed by atoms with Crippen LogP contribution in [0.2, 0.25) is 0 Å². The van der Waals surface area contributed by atoms with Crippen molar-refractivity contribution in [3.63, 3.8) is 0 Å². The summed E-state index contributed by atoms with van der Waals surface area (Å²) in [5.74, 6) is 0. The highest BCUT2D eigenvalue weighted by Gasteiger charge is 2.06. The van der Waals surface area contributed by atoms with E-state index in [1.54, 1.807) is 0 Å². The predicted octanol–water partition coefficient (Wildman–Crippen LogP) is 1.96. The van der Waals surface area contributed by atoms with E-state index in [1.165, 1.54) is 5.56 Å². The molecule has 0 radical (unpaired) electrons. The van der Waals surface area contributed by atoms with Gasteiger partial charge in [-0.3, -0.25) is 10.1 Å². The molecule has 84 valence electrons. The molecule has 1 unspecified atom stereocenters. The van der Waals surface area contributed by atoms with Crippen molar-refractivity contribution in [3.05, 3.63) is 47.5 Å². The molecule has 0 saturated carbocycles. The van der Waals surface area contributed by atoms with Crippen LogP contribution in [0.3, 0.4) is 0 Å². The Morgan fingerprint density at radius 1 is 1.44 bits per heavy atom. The first-order valence-corrected chi connectivity index (χ1v) is 5.40. The van der Waals surface area contributed by atoms with E-state index in [1.807, 2.05) is 37.5 Å². The molecular formula is C12H16N4. The first-order chi connectivity index (χ1) is 7.77. The van der Waals surface area contributed by atoms with Crippen molar-refractivity contribution in [1.82, 2.24) is 20.5 Å². The summed E-state index contributed by atoms with van der Waals surface area (Å²) < 4.78 is 0. The Kier molecular flexibility index (Phi) is 3.31. The molecule has 2 heterocycles. The molecule has 0 aliphatic rings. The second-order valence-corrected chi connectivity index (χ2v) is 3.88. The van der Waals surface area contributed by atoms with Crippen LogP contribution in [0.4, 0.5) is 0 Å². The van der Waals surface area contributed by atoms with E-state index in [0.29, 0.717) is 0 Å². The molecule has 1 atom stereocenters. The average Bonchev–Trinajstić information content (AvgIpc) is 2.73. The van der Waals surface area contributed by atoms with Gasteiger partial charge in [0.2, 0.25) is 0 Å². The van der Waals surface area contributed by atoms with E-state index < -0.39 is 0 Å². The molecule has 0 aromatic carbocycles. The Balaban J connectivity index is 1.94. The van der Waals surface area contributed by atoms with Gasteiger partial charge in [0.05, 0.1) is 11.9 Å². The van der Waals surface area contributed by atoms with Gasteiger partial charge in [-0.2, -0.15) is 5.10 Å². The molecule has 0 aliphatic heterocycles. The van der Waals surface area contributed by atoms with Gasteiger partial charge in [0.1, 0.15) is 0 Å². The van der Waals surface area contributed by atoms with E-state index >= 15 is 0 Å². The van der Waals surface area contributed by atoms with Crippen LogP contribution in [0.25, 0.3) is 0 Å². The van der Waals surface area contributed by atoms with Crippen molar-refractivity contribution in [2.75, 3.05) is 0 Å². The standard InChI is InChI=1S/C12H16N4/c1-9-11(8-15-16-9)7-14-10(2)12-5-3-4-6-13-12/h3-6,8,10,14H,7H2,1-2H3,(H,15,16). The summed E-state index contributed by atoms with van der Waals surface area (Å²) >= 11 is 0. The van der Waals surface area contributed by atoms with Gasteiger partial charge in [-0.25, -0.2) is 0 Å². The maximum Gasteiger partial charge on any atom is 0.0570 e. The molecule has 4 heteroatoms. The lowest BCUT2D eigenvalue weighted by Crippen LogP contribution is -2.19. The highest BCUT2D eigenvalue weighted by Crippen LogP contribution is 2.10. The molecule has 0 saturated heterocycles. The van der Waals surface area contributed by atoms with E-state index in [2.05, 4.69) is 27.4 Å². The number of nitrogens with zero attached hydrogens (tertiary/aromatic N) is 2. The van der Waals surface area contributed by atoms with E-state index in [-0.39, 0.29) is 6.04 Å². The zero-order chi connectivity index (χ0) is 11.4. The Morgan fingerprint density at radius 2 is 2.31 bits per heavy atom. The number of aryl methyl sites for hydroxylation is 1. The summed E-state index contributed by atoms with van der Waals surface area (Å²) in [6.45, 7) is 4.94. The molecule has 0 bridgehead atoms. The van der Waals surface area contributed by atoms with Crippen molar-refractivity contribution in [2.45, 2.75) is 26.4 Å². The minimum absolute atomic E-state index is 0.246. The third-order valence-electron chi connectivity index (χ3n) is 2.66. The Labute approximate surface area is 95.1 Å². The third-order valence-corrected chi connectivity index (χ3v) is 2.66. The van der Waals surface area contributed by atoms with Crippen LogP contribution in [0.1, 0.15) is 29.9 Å². The lowest BCUT2D eigenvalue weighted by atomic mass is 10.2. The maximum atomic E-state index is 4.32. The second-order valence-electron chi connectivity index (χ2n) is 3.88. The molecule has 2 aromatic heterocycles. The first-order valence-electron chi connectivity index (χ1n) is 5.40. The van der Waals surface area contributed by atoms with Crippen LogP contribution >= 0.6 is 0 Å². The fourth-order valence-corrected chi connectivity index (χ4v) is 1.55. The summed E-state index contributed by atoms with van der Waals surface area (Å²) in [6.07, 6.45) is 3.67. The van der Waals surface area contributed by atoms with E-state index in [4.69, 9.17) is 0 Å². The molecule has 16 heavy (non-hydrogen) atoms. The third kappa shape index (κ3) is 2.46. The fraction of sp³-hybridized carbons (Fsp3) is 0.333. The van der Waals surface area contributed by atoms with Gasteiger partial charge in [0.25, 0.3) is 0 Å². The number of pyridine rings is 1. The number of aromatic amines is 1. The molecule has 0 fully saturated rings. The highest BCUT2D eigenvalue weighted by atomic mass is 15.1. The smallest absolute Gasteiger partial charge is 0.0570 e. The van der Waals surface area contributed by atoms with Gasteiger partial charge in [-0.1, -0.05) is 6.07 Å². The van der Waals surface area contributed by atoms with E-state index in [0.717, 1.165) is 17.9 Å². The summed E-state index contributed by atoms with van der Waals surface area (Å²) in [7, 11) is 0. The molecule has 2 rings (SSSR count). The second kappa shape index (κ2) is 4.90. The van der Waals surface area contributed by atoms with Crippen LogP contribution < -0.4 is 5.32 Å². The van der Waals surface area contributed by atoms with Crippen molar-refractivity contribution in [1.29, 1.82) is 0 Å². The zero-order valence-corrected chi connectivity index (χ0v) is 9.57. The quantitative estimate of drug-likeness (QED) is 0.821. The van der Waals surface area contributed by atoms with Crippen LogP contribution in [0.5, 0.6) is 0 Å². The molecule has 0 aliphatic carbocycles. The van der Waals surface area contributed by atoms with Crippen LogP contribution in [0, 0.1) is 6.92 Å². The number of hydrogen-bond donors (Lipinski definition) is 2. The Bertz CT molecular complexity index is 435. The zero-order valence-electron chi connectivity index (χ0n) is 9.57. The minimum atomic E-state index is 0.246. The fourth-order valence-electron chi connectivity index (χ4n) is 1.55. The normalized spacial score (nSPS) is 12.6. The lowest BCUT2D eigenvalue weighted by molar-refractivity contribution is 0.560. The molecule has 2 N–H and O–H groups in total. The molecule has 2 aromatic rings. The summed E-state index contributed by atoms with van der Waals surface area (Å²) in [6, 6.07) is 6.20. The monoisotopic (exact) mass is 216 g/mol. The minimum Gasteiger partial charge on any atom is -0.305 e. The lowest BCUT2D eigenvalue weighted by Gasteiger charge is -2.12. The van der Waals surface area contributed by atoms with Crippen LogP contribution in [-0.2, 0) is 6.54 Å². The van der Waals surface area contributed by atoms with Crippen LogP contribution in [0.15, 0.2) is 30.6 Å². The number of aromatic nitrogens is 3. The number of nitrogens with one attached hydrogen (secondary N) is 2. The van der Waals surface area contributed by atoms with Crippen molar-refractivity contribution in [2.24, 2.45) is 0 Å². The average molecular weight is 216 g/mol. The number of rotatable bonds is 4. The van der Waals surface area contributed by atoms with Gasteiger partial charge in [-0.05, 0) is 26.0 Å². The maximum absolute atomic E-state index is 4.32. The van der Waals surface area contributed by atoms with E-state index in [9.17, 15) is 0 Å². The summed E-state index contributed by atoms with van der Waals surface area (Å²) in [5, 5.41) is 10.3. The molecule has 4 nitrogen and oxygen atoms in total. The molecule has 0 spiro atoms. The topological polar surface area (TPSA) is 53.6 Å². The summed E-state index contributed by atoms with van der Waals surface area (Å²) in [5.41, 5.74) is 3.37. The van der Waals surface area contributed by atoms with Crippen molar-refractivity contribution in [3.8, 4) is 0 Å². The van der Waals surface area contributed by atoms with Crippen molar-refractivity contribution >= 4 is 0 Å². The largest absolute Gasteiger partial charge is 0.305 e. The predicted molar refractivity (Wildman–Crippen MR) is 62.8 cm³/mol. The highest BCUT2D eigenvalue weighted by molar-refractivity contribution is 5.15. The van der Waals surface area contributed by atoms with Crippen LogP contribution in [-0.4, -0.2) is 15.2 Å². The van der Waals surface area contributed by atoms with Gasteiger partial charge in [0.15, 0.2) is 0 Å². The molecule has 0 amide bonds. The van der Waals surface area contributed by atoms with Gasteiger partial charge in [-0.15, -0.1) is 0 Å². The SMILES string of the molecule is Cc1[nH]ncc1CNC(C)c1ccccn1. The number of H-pyrrole nitrogens is 1.